The fourth-order valence-electron chi connectivity index (χ4n) is 4.54. The smallest absolute Gasteiger partial charge is 0.123 e. The molecule has 2 N–H and O–H groups in total. The Labute approximate surface area is 119 Å². The third-order valence-corrected chi connectivity index (χ3v) is 5.65. The first-order valence-electron chi connectivity index (χ1n) is 7.56. The number of benzene rings is 2. The highest BCUT2D eigenvalue weighted by Gasteiger charge is 2.43. The molecule has 2 heteroatoms. The van der Waals surface area contributed by atoms with E-state index < -0.39 is 0 Å². The summed E-state index contributed by atoms with van der Waals surface area (Å²) in [6.45, 7) is 2.41. The molecule has 1 saturated carbocycles. The molecule has 2 atom stereocenters. The van der Waals surface area contributed by atoms with Crippen LogP contribution in [0.2, 0.25) is 0 Å². The van der Waals surface area contributed by atoms with E-state index in [1.54, 1.807) is 12.1 Å². The molecule has 0 bridgehead atoms. The fraction of sp³-hybridized carbons (Fsp3) is 0.444. The van der Waals surface area contributed by atoms with Gasteiger partial charge in [-0.25, -0.2) is 0 Å². The molecule has 0 aromatic heterocycles. The van der Waals surface area contributed by atoms with Crippen LogP contribution in [0.1, 0.15) is 49.7 Å². The zero-order chi connectivity index (χ0) is 13.9. The summed E-state index contributed by atoms with van der Waals surface area (Å²) >= 11 is 0. The molecule has 2 unspecified atom stereocenters. The molecular weight excluding hydrogens is 248 g/mol. The number of fused-ring (bicyclic) bond motifs is 5. The van der Waals surface area contributed by atoms with Gasteiger partial charge in [-0.3, -0.25) is 0 Å². The Morgan fingerprint density at radius 3 is 2.80 bits per heavy atom. The minimum Gasteiger partial charge on any atom is -0.508 e. The third-order valence-electron chi connectivity index (χ3n) is 5.65. The van der Waals surface area contributed by atoms with Crippen molar-refractivity contribution in [3.63, 3.8) is 0 Å². The van der Waals surface area contributed by atoms with Crippen molar-refractivity contribution in [2.75, 3.05) is 0 Å². The Morgan fingerprint density at radius 2 is 1.95 bits per heavy atom. The van der Waals surface area contributed by atoms with Gasteiger partial charge < -0.3 is 10.2 Å². The number of hydrogen-bond donors (Lipinski definition) is 2. The molecule has 2 aromatic carbocycles. The van der Waals surface area contributed by atoms with Gasteiger partial charge in [-0.1, -0.05) is 19.4 Å². The Balaban J connectivity index is 2.00. The second kappa shape index (κ2) is 3.91. The van der Waals surface area contributed by atoms with Crippen LogP contribution in [0.25, 0.3) is 10.8 Å². The van der Waals surface area contributed by atoms with E-state index in [1.807, 2.05) is 12.1 Å². The first kappa shape index (κ1) is 12.1. The van der Waals surface area contributed by atoms with Crippen LogP contribution >= 0.6 is 0 Å². The zero-order valence-electron chi connectivity index (χ0n) is 11.8. The molecular formula is C18H20O2. The molecule has 2 aromatic rings. The van der Waals surface area contributed by atoms with Gasteiger partial charge in [0.05, 0.1) is 0 Å². The summed E-state index contributed by atoms with van der Waals surface area (Å²) in [6.07, 6.45) is 6.18. The molecule has 0 saturated heterocycles. The van der Waals surface area contributed by atoms with Crippen molar-refractivity contribution in [2.45, 2.75) is 44.9 Å². The predicted molar refractivity (Wildman–Crippen MR) is 80.3 cm³/mol. The molecule has 20 heavy (non-hydrogen) atoms. The Morgan fingerprint density at radius 1 is 1.10 bits per heavy atom. The number of phenols is 2. The van der Waals surface area contributed by atoms with Crippen molar-refractivity contribution in [3.8, 4) is 11.5 Å². The van der Waals surface area contributed by atoms with E-state index in [2.05, 4.69) is 6.92 Å². The molecule has 0 spiro atoms. The lowest BCUT2D eigenvalue weighted by Crippen LogP contribution is -2.26. The van der Waals surface area contributed by atoms with Crippen LogP contribution in [0.4, 0.5) is 0 Å². The first-order chi connectivity index (χ1) is 9.58. The molecule has 0 radical (unpaired) electrons. The monoisotopic (exact) mass is 268 g/mol. The van der Waals surface area contributed by atoms with Crippen LogP contribution in [-0.2, 0) is 6.42 Å². The molecule has 0 heterocycles. The third kappa shape index (κ3) is 1.51. The topological polar surface area (TPSA) is 40.5 Å². The average Bonchev–Trinajstić information content (AvgIpc) is 2.81. The lowest BCUT2D eigenvalue weighted by molar-refractivity contribution is 0.252. The standard InChI is InChI=1S/C18H20O2/c1-18-7-2-3-16(18)14-10-17(20)15-9-11(19)4-5-12(15)13(14)6-8-18/h4-5,9-10,16,19-20H,2-3,6-8H2,1H3. The minimum atomic E-state index is 0.217. The summed E-state index contributed by atoms with van der Waals surface area (Å²) in [6, 6.07) is 7.32. The minimum absolute atomic E-state index is 0.217. The van der Waals surface area contributed by atoms with Crippen LogP contribution in [-0.4, -0.2) is 10.2 Å². The second-order valence-corrected chi connectivity index (χ2v) is 6.79. The zero-order valence-corrected chi connectivity index (χ0v) is 11.8. The van der Waals surface area contributed by atoms with Crippen LogP contribution in [0.3, 0.4) is 0 Å². The summed E-state index contributed by atoms with van der Waals surface area (Å²) in [4.78, 5) is 0. The lowest BCUT2D eigenvalue weighted by Gasteiger charge is -2.38. The maximum atomic E-state index is 10.3. The second-order valence-electron chi connectivity index (χ2n) is 6.79. The van der Waals surface area contributed by atoms with Gasteiger partial charge >= 0.3 is 0 Å². The van der Waals surface area contributed by atoms with Crippen molar-refractivity contribution in [1.29, 1.82) is 0 Å². The average molecular weight is 268 g/mol. The first-order valence-corrected chi connectivity index (χ1v) is 7.56. The SMILES string of the molecule is CC12CCCC1c1cc(O)c3cc(O)ccc3c1CC2. The molecule has 1 fully saturated rings. The summed E-state index contributed by atoms with van der Waals surface area (Å²) in [7, 11) is 0. The van der Waals surface area contributed by atoms with E-state index >= 15 is 0 Å². The molecule has 2 aliphatic rings. The molecule has 4 rings (SSSR count). The number of hydrogen-bond acceptors (Lipinski definition) is 2. The van der Waals surface area contributed by atoms with Crippen molar-refractivity contribution < 1.29 is 10.2 Å². The summed E-state index contributed by atoms with van der Waals surface area (Å²) in [5.41, 5.74) is 3.17. The van der Waals surface area contributed by atoms with E-state index in [4.69, 9.17) is 0 Å². The van der Waals surface area contributed by atoms with Gasteiger partial charge in [-0.05, 0) is 71.7 Å². The van der Waals surface area contributed by atoms with Crippen molar-refractivity contribution in [2.24, 2.45) is 5.41 Å². The van der Waals surface area contributed by atoms with Crippen molar-refractivity contribution in [1.82, 2.24) is 0 Å². The van der Waals surface area contributed by atoms with Crippen LogP contribution in [0, 0.1) is 5.41 Å². The van der Waals surface area contributed by atoms with Crippen molar-refractivity contribution >= 4 is 10.8 Å². The largest absolute Gasteiger partial charge is 0.508 e. The normalized spacial score (nSPS) is 28.4. The Bertz CT molecular complexity index is 704. The number of aromatic hydroxyl groups is 2. The number of rotatable bonds is 0. The van der Waals surface area contributed by atoms with Gasteiger partial charge in [0.25, 0.3) is 0 Å². The van der Waals surface area contributed by atoms with E-state index in [-0.39, 0.29) is 5.75 Å². The summed E-state index contributed by atoms with van der Waals surface area (Å²) < 4.78 is 0. The van der Waals surface area contributed by atoms with Gasteiger partial charge in [0.2, 0.25) is 0 Å². The number of phenolic OH excluding ortho intramolecular Hbond substituents is 2. The predicted octanol–water partition coefficient (Wildman–Crippen LogP) is 4.47. The number of aryl methyl sites for hydroxylation is 1. The lowest BCUT2D eigenvalue weighted by atomic mass is 9.66. The van der Waals surface area contributed by atoms with Crippen LogP contribution in [0.5, 0.6) is 11.5 Å². The quantitative estimate of drug-likeness (QED) is 0.740. The fourth-order valence-corrected chi connectivity index (χ4v) is 4.54. The van der Waals surface area contributed by atoms with Gasteiger partial charge in [-0.15, -0.1) is 0 Å². The highest BCUT2D eigenvalue weighted by atomic mass is 16.3. The molecule has 2 nitrogen and oxygen atoms in total. The van der Waals surface area contributed by atoms with E-state index in [9.17, 15) is 10.2 Å². The molecule has 0 amide bonds. The van der Waals surface area contributed by atoms with Crippen LogP contribution in [0.15, 0.2) is 24.3 Å². The molecule has 0 aliphatic heterocycles. The molecule has 2 aliphatic carbocycles. The van der Waals surface area contributed by atoms with E-state index in [0.717, 1.165) is 17.2 Å². The maximum Gasteiger partial charge on any atom is 0.123 e. The van der Waals surface area contributed by atoms with E-state index in [0.29, 0.717) is 17.1 Å². The van der Waals surface area contributed by atoms with Gasteiger partial charge in [0.15, 0.2) is 0 Å². The van der Waals surface area contributed by atoms with Gasteiger partial charge in [0, 0.05) is 5.39 Å². The highest BCUT2D eigenvalue weighted by molar-refractivity contribution is 5.93. The van der Waals surface area contributed by atoms with E-state index in [1.165, 1.54) is 36.8 Å². The van der Waals surface area contributed by atoms with Crippen LogP contribution < -0.4 is 0 Å². The molecule has 104 valence electrons. The van der Waals surface area contributed by atoms with Gasteiger partial charge in [0.1, 0.15) is 11.5 Å². The summed E-state index contributed by atoms with van der Waals surface area (Å²) in [5, 5.41) is 21.9. The summed E-state index contributed by atoms with van der Waals surface area (Å²) in [5.74, 6) is 1.12. The van der Waals surface area contributed by atoms with Crippen molar-refractivity contribution in [3.05, 3.63) is 35.4 Å². The Hall–Kier alpha value is -1.70. The highest BCUT2D eigenvalue weighted by Crippen LogP contribution is 2.57. The Kier molecular flexibility index (Phi) is 2.36. The maximum absolute atomic E-state index is 10.3. The van der Waals surface area contributed by atoms with Gasteiger partial charge in [-0.2, -0.15) is 0 Å².